The van der Waals surface area contributed by atoms with Crippen LogP contribution in [0.25, 0.3) is 10.1 Å². The average Bonchev–Trinajstić information content (AvgIpc) is 3.35. The van der Waals surface area contributed by atoms with Crippen LogP contribution < -0.4 is 4.74 Å². The molecule has 1 aromatic heterocycles. The highest BCUT2D eigenvalue weighted by Gasteiger charge is 2.34. The van der Waals surface area contributed by atoms with E-state index < -0.39 is 0 Å². The fourth-order valence-corrected chi connectivity index (χ4v) is 4.04. The number of nitrogens with zero attached hydrogens (tertiary/aromatic N) is 1. The number of ether oxygens (including phenoxy) is 1. The minimum atomic E-state index is 0.142. The lowest BCUT2D eigenvalue weighted by atomic mass is 10.1. The number of hydrogen-bond acceptors (Lipinski definition) is 4. The Morgan fingerprint density at radius 1 is 1.39 bits per heavy atom. The number of aliphatic hydroxyl groups excluding tert-OH is 1. The summed E-state index contributed by atoms with van der Waals surface area (Å²) in [5, 5.41) is 10.1. The van der Waals surface area contributed by atoms with Gasteiger partial charge in [0, 0.05) is 23.9 Å². The lowest BCUT2D eigenvalue weighted by Gasteiger charge is -2.22. The van der Waals surface area contributed by atoms with E-state index in [4.69, 9.17) is 9.84 Å². The van der Waals surface area contributed by atoms with Crippen LogP contribution >= 0.6 is 11.3 Å². The molecule has 1 fully saturated rings. The van der Waals surface area contributed by atoms with E-state index >= 15 is 0 Å². The summed E-state index contributed by atoms with van der Waals surface area (Å²) >= 11 is 1.57. The molecule has 0 atom stereocenters. The number of carbonyl (C=O) groups is 1. The standard InChI is InChI=1S/C18H23NO3S/c1-12-15-11-14(22-2)7-8-16(15)23-17(12)18(21)19(13-5-6-13)9-3-4-10-20/h7-8,11,13,20H,3-6,9-10H2,1-2H3. The monoisotopic (exact) mass is 333 g/mol. The molecule has 0 saturated heterocycles. The third-order valence-corrected chi connectivity index (χ3v) is 5.65. The summed E-state index contributed by atoms with van der Waals surface area (Å²) < 4.78 is 6.42. The van der Waals surface area contributed by atoms with Crippen molar-refractivity contribution >= 4 is 27.3 Å². The topological polar surface area (TPSA) is 49.8 Å². The Morgan fingerprint density at radius 3 is 2.83 bits per heavy atom. The zero-order valence-electron chi connectivity index (χ0n) is 13.7. The molecule has 3 rings (SSSR count). The smallest absolute Gasteiger partial charge is 0.264 e. The van der Waals surface area contributed by atoms with E-state index in [0.717, 1.165) is 58.5 Å². The first-order chi connectivity index (χ1) is 11.2. The summed E-state index contributed by atoms with van der Waals surface area (Å²) in [5.41, 5.74) is 1.04. The number of aliphatic hydroxyl groups is 1. The Bertz CT molecular complexity index is 706. The molecule has 0 radical (unpaired) electrons. The minimum Gasteiger partial charge on any atom is -0.497 e. The predicted molar refractivity (Wildman–Crippen MR) is 93.5 cm³/mol. The minimum absolute atomic E-state index is 0.142. The van der Waals surface area contributed by atoms with Crippen molar-refractivity contribution in [1.29, 1.82) is 0 Å². The van der Waals surface area contributed by atoms with Crippen molar-refractivity contribution < 1.29 is 14.6 Å². The fraction of sp³-hybridized carbons (Fsp3) is 0.500. The summed E-state index contributed by atoms with van der Waals surface area (Å²) in [7, 11) is 1.66. The van der Waals surface area contributed by atoms with Crippen LogP contribution in [0.3, 0.4) is 0 Å². The number of carbonyl (C=O) groups excluding carboxylic acids is 1. The maximum Gasteiger partial charge on any atom is 0.264 e. The van der Waals surface area contributed by atoms with Gasteiger partial charge < -0.3 is 14.7 Å². The number of methoxy groups -OCH3 is 1. The van der Waals surface area contributed by atoms with Gasteiger partial charge in [-0.25, -0.2) is 0 Å². The molecular formula is C18H23NO3S. The quantitative estimate of drug-likeness (QED) is 0.788. The molecule has 0 aliphatic heterocycles. The van der Waals surface area contributed by atoms with E-state index in [0.29, 0.717) is 6.04 Å². The molecule has 2 aromatic rings. The van der Waals surface area contributed by atoms with Crippen LogP contribution in [0, 0.1) is 6.92 Å². The number of benzene rings is 1. The van der Waals surface area contributed by atoms with E-state index in [1.54, 1.807) is 18.4 Å². The molecule has 1 saturated carbocycles. The molecule has 4 nitrogen and oxygen atoms in total. The Hall–Kier alpha value is -1.59. The van der Waals surface area contributed by atoms with Crippen LogP contribution in [0.4, 0.5) is 0 Å². The zero-order chi connectivity index (χ0) is 16.4. The summed E-state index contributed by atoms with van der Waals surface area (Å²) in [6.45, 7) is 2.94. The van der Waals surface area contributed by atoms with Gasteiger partial charge in [0.15, 0.2) is 0 Å². The van der Waals surface area contributed by atoms with Crippen LogP contribution in [0.15, 0.2) is 18.2 Å². The second-order valence-corrected chi connectivity index (χ2v) is 7.13. The van der Waals surface area contributed by atoms with E-state index in [1.807, 2.05) is 30.0 Å². The number of thiophene rings is 1. The largest absolute Gasteiger partial charge is 0.497 e. The van der Waals surface area contributed by atoms with Gasteiger partial charge in [0.25, 0.3) is 5.91 Å². The number of aryl methyl sites for hydroxylation is 1. The average molecular weight is 333 g/mol. The summed E-state index contributed by atoms with van der Waals surface area (Å²) in [6, 6.07) is 6.35. The van der Waals surface area contributed by atoms with Gasteiger partial charge in [-0.15, -0.1) is 11.3 Å². The lowest BCUT2D eigenvalue weighted by molar-refractivity contribution is 0.0741. The molecule has 5 heteroatoms. The van der Waals surface area contributed by atoms with Gasteiger partial charge in [0.2, 0.25) is 0 Å². The maximum absolute atomic E-state index is 13.0. The molecular weight excluding hydrogens is 310 g/mol. The Balaban J connectivity index is 1.88. The molecule has 1 aliphatic rings. The third kappa shape index (κ3) is 3.35. The number of hydrogen-bond donors (Lipinski definition) is 1. The van der Waals surface area contributed by atoms with Crippen LogP contribution in [0.2, 0.25) is 0 Å². The highest BCUT2D eigenvalue weighted by Crippen LogP contribution is 2.36. The number of unbranched alkanes of at least 4 members (excludes halogenated alkanes) is 1. The lowest BCUT2D eigenvalue weighted by Crippen LogP contribution is -2.34. The molecule has 23 heavy (non-hydrogen) atoms. The molecule has 0 spiro atoms. The second kappa shape index (κ2) is 6.89. The summed E-state index contributed by atoms with van der Waals surface area (Å²) in [5.74, 6) is 0.961. The van der Waals surface area contributed by atoms with Gasteiger partial charge >= 0.3 is 0 Å². The van der Waals surface area contributed by atoms with Crippen molar-refractivity contribution in [2.75, 3.05) is 20.3 Å². The Kier molecular flexibility index (Phi) is 4.87. The number of rotatable bonds is 7. The molecule has 1 heterocycles. The SMILES string of the molecule is COc1ccc2sc(C(=O)N(CCCCO)C3CC3)c(C)c2c1. The van der Waals surface area contributed by atoms with E-state index in [-0.39, 0.29) is 12.5 Å². The Morgan fingerprint density at radius 2 is 2.17 bits per heavy atom. The first kappa shape index (κ1) is 16.3. The molecule has 0 unspecified atom stereocenters. The summed E-state index contributed by atoms with van der Waals surface area (Å²) in [6.07, 6.45) is 3.81. The zero-order valence-corrected chi connectivity index (χ0v) is 14.5. The van der Waals surface area contributed by atoms with Gasteiger partial charge in [-0.05, 0) is 61.8 Å². The van der Waals surface area contributed by atoms with Crippen LogP contribution in [-0.2, 0) is 0 Å². The van der Waals surface area contributed by atoms with Gasteiger partial charge in [0.1, 0.15) is 5.75 Å². The van der Waals surface area contributed by atoms with Crippen molar-refractivity contribution in [2.45, 2.75) is 38.6 Å². The molecule has 1 N–H and O–H groups in total. The van der Waals surface area contributed by atoms with Gasteiger partial charge in [-0.2, -0.15) is 0 Å². The molecule has 1 aromatic carbocycles. The van der Waals surface area contributed by atoms with Crippen LogP contribution in [-0.4, -0.2) is 42.2 Å². The maximum atomic E-state index is 13.0. The van der Waals surface area contributed by atoms with Crippen molar-refractivity contribution in [2.24, 2.45) is 0 Å². The highest BCUT2D eigenvalue weighted by atomic mass is 32.1. The third-order valence-electron chi connectivity index (χ3n) is 4.39. The highest BCUT2D eigenvalue weighted by molar-refractivity contribution is 7.21. The van der Waals surface area contributed by atoms with Crippen LogP contribution in [0.1, 0.15) is 40.9 Å². The molecule has 1 amide bonds. The van der Waals surface area contributed by atoms with E-state index in [9.17, 15) is 4.79 Å². The first-order valence-electron chi connectivity index (χ1n) is 8.14. The van der Waals surface area contributed by atoms with E-state index in [2.05, 4.69) is 0 Å². The fourth-order valence-electron chi connectivity index (χ4n) is 2.89. The van der Waals surface area contributed by atoms with Gasteiger partial charge in [-0.1, -0.05) is 0 Å². The second-order valence-electron chi connectivity index (χ2n) is 6.08. The van der Waals surface area contributed by atoms with Crippen molar-refractivity contribution in [1.82, 2.24) is 4.90 Å². The van der Waals surface area contributed by atoms with Crippen molar-refractivity contribution in [3.8, 4) is 5.75 Å². The number of fused-ring (bicyclic) bond motifs is 1. The van der Waals surface area contributed by atoms with Crippen molar-refractivity contribution in [3.05, 3.63) is 28.6 Å². The molecule has 1 aliphatic carbocycles. The summed E-state index contributed by atoms with van der Waals surface area (Å²) in [4.78, 5) is 15.8. The van der Waals surface area contributed by atoms with Crippen LogP contribution in [0.5, 0.6) is 5.75 Å². The van der Waals surface area contributed by atoms with Gasteiger partial charge in [-0.3, -0.25) is 4.79 Å². The predicted octanol–water partition coefficient (Wildman–Crippen LogP) is 3.60. The first-order valence-corrected chi connectivity index (χ1v) is 8.96. The Labute approximate surface area is 140 Å². The number of amides is 1. The molecule has 124 valence electrons. The normalized spacial score (nSPS) is 14.2. The molecule has 0 bridgehead atoms. The van der Waals surface area contributed by atoms with Gasteiger partial charge in [0.05, 0.1) is 12.0 Å². The van der Waals surface area contributed by atoms with E-state index in [1.165, 1.54) is 0 Å². The van der Waals surface area contributed by atoms with Crippen molar-refractivity contribution in [3.63, 3.8) is 0 Å².